The van der Waals surface area contributed by atoms with Crippen molar-refractivity contribution in [2.75, 3.05) is 25.0 Å². The average Bonchev–Trinajstić information content (AvgIpc) is 3.37. The van der Waals surface area contributed by atoms with Gasteiger partial charge in [-0.05, 0) is 25.0 Å². The third-order valence-electron chi connectivity index (χ3n) is 3.90. The van der Waals surface area contributed by atoms with Crippen LogP contribution in [-0.2, 0) is 9.59 Å². The molecule has 1 aliphatic heterocycles. The number of urea groups is 1. The van der Waals surface area contributed by atoms with E-state index in [0.717, 1.165) is 18.5 Å². The topological polar surface area (TPSA) is 99.8 Å². The fourth-order valence-electron chi connectivity index (χ4n) is 2.54. The van der Waals surface area contributed by atoms with Crippen molar-refractivity contribution in [3.05, 3.63) is 24.3 Å². The number of carbonyl (C=O) groups excluding carboxylic acids is 3. The molecule has 128 valence electrons. The lowest BCUT2D eigenvalue weighted by atomic mass is 10.1. The number of carbonyl (C=O) groups is 3. The first-order valence-electron chi connectivity index (χ1n) is 7.89. The van der Waals surface area contributed by atoms with Gasteiger partial charge >= 0.3 is 6.03 Å². The first-order valence-corrected chi connectivity index (χ1v) is 7.89. The van der Waals surface area contributed by atoms with E-state index in [4.69, 9.17) is 4.74 Å². The van der Waals surface area contributed by atoms with E-state index in [2.05, 4.69) is 16.0 Å². The van der Waals surface area contributed by atoms with Gasteiger partial charge in [0.2, 0.25) is 5.91 Å². The largest absolute Gasteiger partial charge is 0.477 e. The quantitative estimate of drug-likeness (QED) is 0.720. The molecule has 1 saturated carbocycles. The standard InChI is InChI=1S/C16H20N4O4/c1-17-15(22)13-8-20(11-4-2-3-5-12(11)24-13)9-14(21)19-16(23)18-10-6-7-10/h2-5,10,13H,6-9H2,1H3,(H,17,22)(H2,18,19,21,23). The van der Waals surface area contributed by atoms with Gasteiger partial charge in [-0.3, -0.25) is 14.9 Å². The molecule has 1 atom stereocenters. The predicted molar refractivity (Wildman–Crippen MR) is 86.8 cm³/mol. The first-order chi connectivity index (χ1) is 11.6. The van der Waals surface area contributed by atoms with Gasteiger partial charge in [0.05, 0.1) is 18.8 Å². The Bertz CT molecular complexity index is 659. The van der Waals surface area contributed by atoms with Crippen LogP contribution in [0.3, 0.4) is 0 Å². The van der Waals surface area contributed by atoms with Crippen LogP contribution >= 0.6 is 0 Å². The molecule has 24 heavy (non-hydrogen) atoms. The number of para-hydroxylation sites is 2. The van der Waals surface area contributed by atoms with E-state index in [1.54, 1.807) is 17.0 Å². The number of ether oxygens (including phenoxy) is 1. The van der Waals surface area contributed by atoms with E-state index >= 15 is 0 Å². The highest BCUT2D eigenvalue weighted by Crippen LogP contribution is 2.32. The molecule has 1 fully saturated rings. The fourth-order valence-corrected chi connectivity index (χ4v) is 2.54. The predicted octanol–water partition coefficient (Wildman–Crippen LogP) is -0.0118. The van der Waals surface area contributed by atoms with E-state index in [-0.39, 0.29) is 25.0 Å². The number of likely N-dealkylation sites (N-methyl/N-ethyl adjacent to an activating group) is 1. The maximum absolute atomic E-state index is 12.1. The number of rotatable bonds is 4. The lowest BCUT2D eigenvalue weighted by molar-refractivity contribution is -0.127. The van der Waals surface area contributed by atoms with E-state index in [0.29, 0.717) is 5.75 Å². The molecule has 0 saturated heterocycles. The van der Waals surface area contributed by atoms with Crippen molar-refractivity contribution in [3.8, 4) is 5.75 Å². The van der Waals surface area contributed by atoms with Gasteiger partial charge in [-0.2, -0.15) is 0 Å². The maximum atomic E-state index is 12.1. The molecule has 1 heterocycles. The molecule has 3 rings (SSSR count). The molecule has 0 spiro atoms. The van der Waals surface area contributed by atoms with Gasteiger partial charge in [0, 0.05) is 13.1 Å². The number of hydrogen-bond acceptors (Lipinski definition) is 5. The molecule has 3 N–H and O–H groups in total. The van der Waals surface area contributed by atoms with E-state index in [1.165, 1.54) is 7.05 Å². The normalized spacial score (nSPS) is 18.9. The highest BCUT2D eigenvalue weighted by molar-refractivity contribution is 5.97. The molecule has 0 radical (unpaired) electrons. The molecule has 8 heteroatoms. The van der Waals surface area contributed by atoms with E-state index in [1.807, 2.05) is 12.1 Å². The highest BCUT2D eigenvalue weighted by atomic mass is 16.5. The molecular formula is C16H20N4O4. The third-order valence-corrected chi connectivity index (χ3v) is 3.90. The summed E-state index contributed by atoms with van der Waals surface area (Å²) in [5, 5.41) is 7.56. The SMILES string of the molecule is CNC(=O)C1CN(CC(=O)NC(=O)NC2CC2)c2ccccc2O1. The molecule has 0 aromatic heterocycles. The summed E-state index contributed by atoms with van der Waals surface area (Å²) < 4.78 is 5.67. The minimum atomic E-state index is -0.710. The Morgan fingerprint density at radius 1 is 1.25 bits per heavy atom. The van der Waals surface area contributed by atoms with Gasteiger partial charge in [0.25, 0.3) is 5.91 Å². The second-order valence-corrected chi connectivity index (χ2v) is 5.86. The zero-order chi connectivity index (χ0) is 17.1. The van der Waals surface area contributed by atoms with Crippen LogP contribution in [0.25, 0.3) is 0 Å². The van der Waals surface area contributed by atoms with Crippen molar-refractivity contribution in [3.63, 3.8) is 0 Å². The zero-order valence-corrected chi connectivity index (χ0v) is 13.4. The Morgan fingerprint density at radius 3 is 2.71 bits per heavy atom. The zero-order valence-electron chi connectivity index (χ0n) is 13.4. The Morgan fingerprint density at radius 2 is 2.00 bits per heavy atom. The van der Waals surface area contributed by atoms with Crippen molar-refractivity contribution in [2.24, 2.45) is 0 Å². The Kier molecular flexibility index (Phi) is 4.54. The van der Waals surface area contributed by atoms with Gasteiger partial charge in [0.15, 0.2) is 6.10 Å². The number of nitrogens with one attached hydrogen (secondary N) is 3. The second-order valence-electron chi connectivity index (χ2n) is 5.86. The van der Waals surface area contributed by atoms with Crippen LogP contribution in [0.2, 0.25) is 0 Å². The van der Waals surface area contributed by atoms with Crippen molar-refractivity contribution in [2.45, 2.75) is 25.0 Å². The maximum Gasteiger partial charge on any atom is 0.321 e. The van der Waals surface area contributed by atoms with Crippen LogP contribution in [0, 0.1) is 0 Å². The van der Waals surface area contributed by atoms with Crippen LogP contribution in [0.1, 0.15) is 12.8 Å². The Balaban J connectivity index is 1.67. The molecule has 1 aromatic carbocycles. The van der Waals surface area contributed by atoms with Gasteiger partial charge in [-0.15, -0.1) is 0 Å². The molecule has 2 aliphatic rings. The van der Waals surface area contributed by atoms with Gasteiger partial charge in [-0.1, -0.05) is 12.1 Å². The van der Waals surface area contributed by atoms with Crippen molar-refractivity contribution < 1.29 is 19.1 Å². The summed E-state index contributed by atoms with van der Waals surface area (Å²) in [5.74, 6) is -0.158. The number of benzene rings is 1. The molecule has 4 amide bonds. The summed E-state index contributed by atoms with van der Waals surface area (Å²) in [6.45, 7) is 0.195. The monoisotopic (exact) mass is 332 g/mol. The van der Waals surface area contributed by atoms with Gasteiger partial charge in [0.1, 0.15) is 5.75 Å². The molecule has 1 aromatic rings. The van der Waals surface area contributed by atoms with Gasteiger partial charge < -0.3 is 20.3 Å². The van der Waals surface area contributed by atoms with Crippen molar-refractivity contribution in [1.29, 1.82) is 0 Å². The molecule has 1 unspecified atom stereocenters. The van der Waals surface area contributed by atoms with E-state index < -0.39 is 18.0 Å². The minimum Gasteiger partial charge on any atom is -0.477 e. The Hall–Kier alpha value is -2.77. The average molecular weight is 332 g/mol. The fraction of sp³-hybridized carbons (Fsp3) is 0.438. The third kappa shape index (κ3) is 3.76. The molecule has 8 nitrogen and oxygen atoms in total. The minimum absolute atomic E-state index is 0.0358. The molecule has 0 bridgehead atoms. The van der Waals surface area contributed by atoms with Crippen LogP contribution < -0.4 is 25.6 Å². The number of nitrogens with zero attached hydrogens (tertiary/aromatic N) is 1. The van der Waals surface area contributed by atoms with E-state index in [9.17, 15) is 14.4 Å². The second kappa shape index (κ2) is 6.77. The highest BCUT2D eigenvalue weighted by Gasteiger charge is 2.31. The first kappa shape index (κ1) is 16.1. The Labute approximate surface area is 139 Å². The number of fused-ring (bicyclic) bond motifs is 1. The smallest absolute Gasteiger partial charge is 0.321 e. The van der Waals surface area contributed by atoms with Crippen molar-refractivity contribution in [1.82, 2.24) is 16.0 Å². The lowest BCUT2D eigenvalue weighted by Gasteiger charge is -2.34. The van der Waals surface area contributed by atoms with Crippen LogP contribution in [-0.4, -0.2) is 50.1 Å². The van der Waals surface area contributed by atoms with Crippen LogP contribution in [0.4, 0.5) is 10.5 Å². The lowest BCUT2D eigenvalue weighted by Crippen LogP contribution is -2.52. The summed E-state index contributed by atoms with van der Waals surface area (Å²) in [6, 6.07) is 6.88. The number of amides is 4. The summed E-state index contributed by atoms with van der Waals surface area (Å²) in [4.78, 5) is 37.4. The van der Waals surface area contributed by atoms with Crippen LogP contribution in [0.15, 0.2) is 24.3 Å². The molecular weight excluding hydrogens is 312 g/mol. The summed E-state index contributed by atoms with van der Waals surface area (Å²) >= 11 is 0. The van der Waals surface area contributed by atoms with Gasteiger partial charge in [-0.25, -0.2) is 4.79 Å². The number of anilines is 1. The summed E-state index contributed by atoms with van der Waals surface area (Å²) in [6.07, 6.45) is 1.19. The summed E-state index contributed by atoms with van der Waals surface area (Å²) in [5.41, 5.74) is 0.718. The van der Waals surface area contributed by atoms with Crippen molar-refractivity contribution >= 4 is 23.5 Å². The molecule has 1 aliphatic carbocycles. The van der Waals surface area contributed by atoms with Crippen LogP contribution in [0.5, 0.6) is 5.75 Å². The number of hydrogen-bond donors (Lipinski definition) is 3. The summed E-state index contributed by atoms with van der Waals surface area (Å²) in [7, 11) is 1.53. The number of imide groups is 1.